The summed E-state index contributed by atoms with van der Waals surface area (Å²) in [5.41, 5.74) is 1.04. The minimum Gasteiger partial charge on any atom is -0.248 e. The molecule has 1 aromatic carbocycles. The number of para-hydroxylation sites is 2. The highest BCUT2D eigenvalue weighted by Gasteiger charge is 2.21. The highest BCUT2D eigenvalue weighted by Crippen LogP contribution is 2.14. The van der Waals surface area contributed by atoms with E-state index < -0.39 is 10.2 Å². The number of fused-ring (bicyclic) bond motifs is 1. The molecule has 7 heteroatoms. The summed E-state index contributed by atoms with van der Waals surface area (Å²) >= 11 is 0. The molecule has 1 heterocycles. The normalized spacial score (nSPS) is 11.7. The van der Waals surface area contributed by atoms with Gasteiger partial charge in [-0.15, -0.1) is 0 Å². The number of halogens is 1. The zero-order valence-corrected chi connectivity index (χ0v) is 8.05. The molecule has 0 atom stereocenters. The largest absolute Gasteiger partial charge is 0.399 e. The van der Waals surface area contributed by atoms with E-state index in [9.17, 15) is 14.0 Å². The van der Waals surface area contributed by atoms with Crippen molar-refractivity contribution >= 4 is 11.0 Å². The van der Waals surface area contributed by atoms with Gasteiger partial charge in [-0.3, -0.25) is 0 Å². The minimum atomic E-state index is -4.53. The predicted octanol–water partition coefficient (Wildman–Crippen LogP) is -2.09. The second-order valence-electron chi connectivity index (χ2n) is 2.65. The highest BCUT2D eigenvalue weighted by molar-refractivity contribution is 5.73. The summed E-state index contributed by atoms with van der Waals surface area (Å²) in [5, 5.41) is 0. The lowest BCUT2D eigenvalue weighted by atomic mass is 10.3. The Labute approximate surface area is 86.5 Å². The molecular formula is C8H5ClN2O4. The van der Waals surface area contributed by atoms with E-state index in [0.717, 1.165) is 6.20 Å². The van der Waals surface area contributed by atoms with Crippen LogP contribution in [0.25, 0.3) is 11.0 Å². The number of rotatable bonds is 2. The van der Waals surface area contributed by atoms with E-state index >= 15 is 0 Å². The van der Waals surface area contributed by atoms with Crippen LogP contribution in [0.15, 0.2) is 30.5 Å². The molecular weight excluding hydrogens is 224 g/mol. The molecule has 6 nitrogen and oxygen atoms in total. The Balaban J connectivity index is 2.39. The van der Waals surface area contributed by atoms with Crippen molar-refractivity contribution in [3.05, 3.63) is 30.5 Å². The Morgan fingerprint density at radius 3 is 2.40 bits per heavy atom. The van der Waals surface area contributed by atoms with Crippen molar-refractivity contribution in [3.63, 3.8) is 0 Å². The van der Waals surface area contributed by atoms with Crippen molar-refractivity contribution in [1.82, 2.24) is 9.97 Å². The average Bonchev–Trinajstić information content (AvgIpc) is 2.15. The average molecular weight is 229 g/mol. The smallest absolute Gasteiger partial charge is 0.248 e. The second kappa shape index (κ2) is 3.59. The van der Waals surface area contributed by atoms with Gasteiger partial charge in [0.25, 0.3) is 0 Å². The van der Waals surface area contributed by atoms with E-state index in [4.69, 9.17) is 0 Å². The monoisotopic (exact) mass is 228 g/mol. The molecule has 0 aliphatic heterocycles. The highest BCUT2D eigenvalue weighted by atomic mass is 35.7. The van der Waals surface area contributed by atoms with Gasteiger partial charge in [0.15, 0.2) is 0 Å². The lowest BCUT2D eigenvalue weighted by molar-refractivity contribution is -1.91. The standard InChI is InChI=1S/C8H5ClN2O4/c12-9(13,14)15-8-5-10-6-3-1-2-4-7(6)11-8/h1-5H. The third kappa shape index (κ3) is 2.51. The van der Waals surface area contributed by atoms with E-state index in [-0.39, 0.29) is 5.88 Å². The van der Waals surface area contributed by atoms with Gasteiger partial charge in [0.2, 0.25) is 0 Å². The SMILES string of the molecule is [O-][Cl+3]([O-])([O-])Oc1cnc2ccccc2n1. The quantitative estimate of drug-likeness (QED) is 0.584. The number of hydrogen-bond donors (Lipinski definition) is 0. The van der Waals surface area contributed by atoms with Crippen molar-refractivity contribution in [2.75, 3.05) is 0 Å². The minimum absolute atomic E-state index is 0.342. The molecule has 0 amide bonds. The third-order valence-electron chi connectivity index (χ3n) is 1.60. The van der Waals surface area contributed by atoms with Crippen LogP contribution in [0.4, 0.5) is 0 Å². The summed E-state index contributed by atoms with van der Waals surface area (Å²) in [6.45, 7) is 0. The van der Waals surface area contributed by atoms with Gasteiger partial charge in [0, 0.05) is 0 Å². The first-order valence-corrected chi connectivity index (χ1v) is 5.10. The molecule has 2 rings (SSSR count). The molecule has 0 radical (unpaired) electrons. The van der Waals surface area contributed by atoms with Crippen LogP contribution >= 0.6 is 0 Å². The number of hydrogen-bond acceptors (Lipinski definition) is 6. The van der Waals surface area contributed by atoms with Gasteiger partial charge in [-0.05, 0) is 16.4 Å². The van der Waals surface area contributed by atoms with Gasteiger partial charge in [-0.1, -0.05) is 12.1 Å². The fourth-order valence-electron chi connectivity index (χ4n) is 1.07. The van der Waals surface area contributed by atoms with E-state index in [1.165, 1.54) is 0 Å². The lowest BCUT2D eigenvalue weighted by Gasteiger charge is -2.10. The molecule has 0 N–H and O–H groups in total. The molecule has 0 aliphatic rings. The lowest BCUT2D eigenvalue weighted by Crippen LogP contribution is -2.63. The second-order valence-corrected chi connectivity index (χ2v) is 3.56. The molecule has 0 saturated heterocycles. The fraction of sp³-hybridized carbons (Fsp3) is 0. The maximum Gasteiger partial charge on any atom is 0.399 e. The van der Waals surface area contributed by atoms with Crippen LogP contribution in [0, 0.1) is 10.2 Å². The van der Waals surface area contributed by atoms with Gasteiger partial charge in [-0.2, -0.15) is 19.0 Å². The van der Waals surface area contributed by atoms with Crippen molar-refractivity contribution in [2.45, 2.75) is 0 Å². The van der Waals surface area contributed by atoms with Crippen molar-refractivity contribution in [2.24, 2.45) is 0 Å². The Morgan fingerprint density at radius 2 is 1.73 bits per heavy atom. The van der Waals surface area contributed by atoms with E-state index in [1.807, 2.05) is 0 Å². The summed E-state index contributed by atoms with van der Waals surface area (Å²) in [6.07, 6.45) is 1.07. The summed E-state index contributed by atoms with van der Waals surface area (Å²) in [6, 6.07) is 6.81. The van der Waals surface area contributed by atoms with Crippen LogP contribution in [0.1, 0.15) is 0 Å². The molecule has 0 aliphatic carbocycles. The van der Waals surface area contributed by atoms with Crippen LogP contribution in [0.2, 0.25) is 0 Å². The van der Waals surface area contributed by atoms with Gasteiger partial charge in [0.05, 0.1) is 11.0 Å². The summed E-state index contributed by atoms with van der Waals surface area (Å²) in [5.74, 6) is -0.342. The molecule has 15 heavy (non-hydrogen) atoms. The van der Waals surface area contributed by atoms with E-state index in [0.29, 0.717) is 11.0 Å². The zero-order chi connectivity index (χ0) is 10.9. The third-order valence-corrected chi connectivity index (χ3v) is 1.95. The summed E-state index contributed by atoms with van der Waals surface area (Å²) in [7, 11) is -4.53. The van der Waals surface area contributed by atoms with Gasteiger partial charge in [0.1, 0.15) is 16.4 Å². The zero-order valence-electron chi connectivity index (χ0n) is 7.29. The number of benzene rings is 1. The van der Waals surface area contributed by atoms with Crippen molar-refractivity contribution in [3.8, 4) is 5.88 Å². The molecule has 0 bridgehead atoms. The summed E-state index contributed by atoms with van der Waals surface area (Å²) < 4.78 is 34.8. The van der Waals surface area contributed by atoms with Crippen LogP contribution in [0.3, 0.4) is 0 Å². The first-order chi connectivity index (χ1) is 7.04. The number of aromatic nitrogens is 2. The van der Waals surface area contributed by atoms with E-state index in [1.54, 1.807) is 24.3 Å². The van der Waals surface area contributed by atoms with Crippen LogP contribution in [0.5, 0.6) is 5.88 Å². The van der Waals surface area contributed by atoms with Crippen LogP contribution in [-0.4, -0.2) is 9.97 Å². The maximum absolute atomic E-state index is 10.3. The molecule has 78 valence electrons. The molecule has 0 fully saturated rings. The Hall–Kier alpha value is -1.47. The Morgan fingerprint density at radius 1 is 1.07 bits per heavy atom. The molecule has 1 aromatic heterocycles. The maximum atomic E-state index is 10.3. The first-order valence-electron chi connectivity index (χ1n) is 3.87. The summed E-state index contributed by atoms with van der Waals surface area (Å²) in [4.78, 5) is 7.66. The van der Waals surface area contributed by atoms with Gasteiger partial charge in [-0.25, -0.2) is 4.98 Å². The van der Waals surface area contributed by atoms with Crippen LogP contribution in [-0.2, 0) is 0 Å². The molecule has 0 unspecified atom stereocenters. The van der Waals surface area contributed by atoms with E-state index in [2.05, 4.69) is 14.3 Å². The number of nitrogens with zero attached hydrogens (tertiary/aromatic N) is 2. The fourth-order valence-corrected chi connectivity index (χ4v) is 1.34. The Kier molecular flexibility index (Phi) is 2.41. The van der Waals surface area contributed by atoms with Crippen molar-refractivity contribution in [1.29, 1.82) is 0 Å². The van der Waals surface area contributed by atoms with Gasteiger partial charge >= 0.3 is 5.88 Å². The molecule has 0 saturated carbocycles. The Bertz CT molecular complexity index is 485. The van der Waals surface area contributed by atoms with Crippen LogP contribution < -0.4 is 18.3 Å². The molecule has 2 aromatic rings. The predicted molar refractivity (Wildman–Crippen MR) is 40.2 cm³/mol. The topological polar surface area (TPSA) is 104 Å². The first kappa shape index (κ1) is 10.1. The molecule has 0 spiro atoms. The van der Waals surface area contributed by atoms with Gasteiger partial charge < -0.3 is 0 Å². The van der Waals surface area contributed by atoms with Crippen molar-refractivity contribution < 1.29 is 28.5 Å².